The highest BCUT2D eigenvalue weighted by molar-refractivity contribution is 5.47. The molecule has 0 saturated heterocycles. The summed E-state index contributed by atoms with van der Waals surface area (Å²) in [7, 11) is 0. The van der Waals surface area contributed by atoms with Crippen molar-refractivity contribution < 1.29 is 4.92 Å². The molecule has 2 aromatic carbocycles. The fraction of sp³-hybridized carbons (Fsp3) is 0.118. The van der Waals surface area contributed by atoms with Gasteiger partial charge in [-0.3, -0.25) is 10.1 Å². The minimum Gasteiger partial charge on any atom is -0.381 e. The van der Waals surface area contributed by atoms with Crippen LogP contribution in [0, 0.1) is 10.1 Å². The fourth-order valence-electron chi connectivity index (χ4n) is 2.35. The number of anilines is 1. The smallest absolute Gasteiger partial charge is 0.269 e. The standard InChI is InChI=1S/C17H16N4O2/c22-21(23)17-6-2-3-14(10-17)11-19-16-5-1-4-15(9-16)12-20-8-7-18-13-20/h1-10,13,19H,11-12H2. The highest BCUT2D eigenvalue weighted by Crippen LogP contribution is 2.16. The molecular formula is C17H16N4O2. The van der Waals surface area contributed by atoms with Gasteiger partial charge in [-0.1, -0.05) is 24.3 Å². The molecule has 0 saturated carbocycles. The Bertz CT molecular complexity index is 800. The van der Waals surface area contributed by atoms with Crippen LogP contribution in [0.15, 0.2) is 67.3 Å². The van der Waals surface area contributed by atoms with Gasteiger partial charge in [-0.05, 0) is 23.3 Å². The van der Waals surface area contributed by atoms with Gasteiger partial charge < -0.3 is 9.88 Å². The number of rotatable bonds is 6. The van der Waals surface area contributed by atoms with Crippen LogP contribution >= 0.6 is 0 Å². The van der Waals surface area contributed by atoms with Crippen molar-refractivity contribution in [1.29, 1.82) is 0 Å². The summed E-state index contributed by atoms with van der Waals surface area (Å²) >= 11 is 0. The van der Waals surface area contributed by atoms with Gasteiger partial charge >= 0.3 is 0 Å². The lowest BCUT2D eigenvalue weighted by Crippen LogP contribution is -2.02. The van der Waals surface area contributed by atoms with E-state index in [2.05, 4.69) is 22.4 Å². The number of aromatic nitrogens is 2. The Morgan fingerprint density at radius 1 is 1.13 bits per heavy atom. The topological polar surface area (TPSA) is 73.0 Å². The van der Waals surface area contributed by atoms with Crippen LogP contribution in [0.4, 0.5) is 11.4 Å². The Morgan fingerprint density at radius 3 is 2.74 bits per heavy atom. The van der Waals surface area contributed by atoms with E-state index in [0.717, 1.165) is 23.4 Å². The molecule has 0 radical (unpaired) electrons. The van der Waals surface area contributed by atoms with Gasteiger partial charge in [0, 0.05) is 43.3 Å². The Balaban J connectivity index is 1.66. The summed E-state index contributed by atoms with van der Waals surface area (Å²) in [6.45, 7) is 1.29. The Morgan fingerprint density at radius 2 is 1.96 bits per heavy atom. The van der Waals surface area contributed by atoms with Gasteiger partial charge in [-0.25, -0.2) is 4.98 Å². The third kappa shape index (κ3) is 3.94. The number of nitro groups is 1. The van der Waals surface area contributed by atoms with E-state index in [-0.39, 0.29) is 10.6 Å². The summed E-state index contributed by atoms with van der Waals surface area (Å²) in [5.74, 6) is 0. The number of hydrogen-bond donors (Lipinski definition) is 1. The molecule has 116 valence electrons. The largest absolute Gasteiger partial charge is 0.381 e. The second-order valence-corrected chi connectivity index (χ2v) is 5.22. The van der Waals surface area contributed by atoms with Gasteiger partial charge in [0.1, 0.15) is 0 Å². The molecule has 0 aliphatic rings. The first-order valence-electron chi connectivity index (χ1n) is 7.22. The van der Waals surface area contributed by atoms with E-state index >= 15 is 0 Å². The minimum atomic E-state index is -0.380. The van der Waals surface area contributed by atoms with Gasteiger partial charge in [0.15, 0.2) is 0 Å². The van der Waals surface area contributed by atoms with E-state index in [4.69, 9.17) is 0 Å². The molecule has 23 heavy (non-hydrogen) atoms. The summed E-state index contributed by atoms with van der Waals surface area (Å²) in [6.07, 6.45) is 5.46. The molecule has 0 unspecified atom stereocenters. The van der Waals surface area contributed by atoms with Crippen LogP contribution < -0.4 is 5.32 Å². The molecule has 3 rings (SSSR count). The van der Waals surface area contributed by atoms with Gasteiger partial charge in [0.25, 0.3) is 5.69 Å². The van der Waals surface area contributed by atoms with Gasteiger partial charge in [-0.15, -0.1) is 0 Å². The SMILES string of the molecule is O=[N+]([O-])c1cccc(CNc2cccc(Cn3ccnc3)c2)c1. The molecule has 3 aromatic rings. The van der Waals surface area contributed by atoms with Crippen LogP contribution in [0.25, 0.3) is 0 Å². The molecule has 0 amide bonds. The molecule has 1 N–H and O–H groups in total. The summed E-state index contributed by atoms with van der Waals surface area (Å²) in [5.41, 5.74) is 3.12. The van der Waals surface area contributed by atoms with Crippen molar-refractivity contribution in [3.63, 3.8) is 0 Å². The summed E-state index contributed by atoms with van der Waals surface area (Å²) in [6, 6.07) is 14.7. The lowest BCUT2D eigenvalue weighted by atomic mass is 10.1. The molecule has 0 bridgehead atoms. The van der Waals surface area contributed by atoms with Gasteiger partial charge in [0.2, 0.25) is 0 Å². The summed E-state index contributed by atoms with van der Waals surface area (Å²) < 4.78 is 2.00. The Labute approximate surface area is 133 Å². The summed E-state index contributed by atoms with van der Waals surface area (Å²) in [4.78, 5) is 14.5. The van der Waals surface area contributed by atoms with Crippen LogP contribution in [-0.2, 0) is 13.1 Å². The molecule has 1 aromatic heterocycles. The van der Waals surface area contributed by atoms with Crippen LogP contribution in [0.1, 0.15) is 11.1 Å². The van der Waals surface area contributed by atoms with Crippen molar-refractivity contribution in [2.75, 3.05) is 5.32 Å². The third-order valence-corrected chi connectivity index (χ3v) is 3.47. The van der Waals surface area contributed by atoms with E-state index in [1.165, 1.54) is 6.07 Å². The molecule has 0 aliphatic heterocycles. The van der Waals surface area contributed by atoms with Crippen molar-refractivity contribution in [1.82, 2.24) is 9.55 Å². The lowest BCUT2D eigenvalue weighted by Gasteiger charge is -2.09. The van der Waals surface area contributed by atoms with Crippen LogP contribution in [-0.4, -0.2) is 14.5 Å². The highest BCUT2D eigenvalue weighted by Gasteiger charge is 2.05. The number of nitro benzene ring substituents is 1. The average Bonchev–Trinajstić information content (AvgIpc) is 3.06. The summed E-state index contributed by atoms with van der Waals surface area (Å²) in [5, 5.41) is 14.1. The Kier molecular flexibility index (Phi) is 4.33. The first-order valence-corrected chi connectivity index (χ1v) is 7.22. The number of benzene rings is 2. The van der Waals surface area contributed by atoms with E-state index in [0.29, 0.717) is 6.54 Å². The Hall–Kier alpha value is -3.15. The molecule has 6 nitrogen and oxygen atoms in total. The van der Waals surface area contributed by atoms with Crippen molar-refractivity contribution in [3.05, 3.63) is 88.5 Å². The van der Waals surface area contributed by atoms with Crippen molar-refractivity contribution in [3.8, 4) is 0 Å². The first kappa shape index (κ1) is 14.8. The maximum Gasteiger partial charge on any atom is 0.269 e. The zero-order chi connectivity index (χ0) is 16.1. The van der Waals surface area contributed by atoms with E-state index in [9.17, 15) is 10.1 Å². The molecule has 0 aliphatic carbocycles. The lowest BCUT2D eigenvalue weighted by molar-refractivity contribution is -0.384. The van der Waals surface area contributed by atoms with E-state index < -0.39 is 0 Å². The number of hydrogen-bond acceptors (Lipinski definition) is 4. The average molecular weight is 308 g/mol. The monoisotopic (exact) mass is 308 g/mol. The fourth-order valence-corrected chi connectivity index (χ4v) is 2.35. The number of non-ortho nitro benzene ring substituents is 1. The van der Waals surface area contributed by atoms with Gasteiger partial charge in [0.05, 0.1) is 11.3 Å². The highest BCUT2D eigenvalue weighted by atomic mass is 16.6. The quantitative estimate of drug-likeness (QED) is 0.559. The molecule has 0 fully saturated rings. The maximum absolute atomic E-state index is 10.8. The first-order chi connectivity index (χ1) is 11.2. The van der Waals surface area contributed by atoms with Crippen LogP contribution in [0.3, 0.4) is 0 Å². The van der Waals surface area contributed by atoms with Crippen molar-refractivity contribution in [2.45, 2.75) is 13.1 Å². The minimum absolute atomic E-state index is 0.109. The number of imidazole rings is 1. The maximum atomic E-state index is 10.8. The molecule has 0 atom stereocenters. The van der Waals surface area contributed by atoms with Crippen molar-refractivity contribution in [2.24, 2.45) is 0 Å². The van der Waals surface area contributed by atoms with Crippen molar-refractivity contribution >= 4 is 11.4 Å². The molecule has 0 spiro atoms. The third-order valence-electron chi connectivity index (χ3n) is 3.47. The van der Waals surface area contributed by atoms with Crippen LogP contribution in [0.2, 0.25) is 0 Å². The zero-order valence-corrected chi connectivity index (χ0v) is 12.4. The molecular weight excluding hydrogens is 292 g/mol. The van der Waals surface area contributed by atoms with Gasteiger partial charge in [-0.2, -0.15) is 0 Å². The van der Waals surface area contributed by atoms with E-state index in [1.54, 1.807) is 24.7 Å². The normalized spacial score (nSPS) is 10.4. The predicted molar refractivity (Wildman–Crippen MR) is 88.2 cm³/mol. The molecule has 1 heterocycles. The molecule has 6 heteroatoms. The predicted octanol–water partition coefficient (Wildman–Crippen LogP) is 3.45. The number of nitrogens with one attached hydrogen (secondary N) is 1. The van der Waals surface area contributed by atoms with E-state index in [1.807, 2.05) is 29.0 Å². The second-order valence-electron chi connectivity index (χ2n) is 5.22. The van der Waals surface area contributed by atoms with Crippen LogP contribution in [0.5, 0.6) is 0 Å². The zero-order valence-electron chi connectivity index (χ0n) is 12.4. The second kappa shape index (κ2) is 6.74. The number of nitrogens with zero attached hydrogens (tertiary/aromatic N) is 3.